The number of alkyl halides is 1. The summed E-state index contributed by atoms with van der Waals surface area (Å²) < 4.78 is 13.8. The van der Waals surface area contributed by atoms with Crippen molar-refractivity contribution < 1.29 is 4.39 Å². The van der Waals surface area contributed by atoms with E-state index in [9.17, 15) is 4.39 Å². The maximum absolute atomic E-state index is 13.8. The van der Waals surface area contributed by atoms with Crippen molar-refractivity contribution in [3.63, 3.8) is 0 Å². The number of hydrogen-bond acceptors (Lipinski definition) is 2. The summed E-state index contributed by atoms with van der Waals surface area (Å²) in [7, 11) is 0. The second-order valence-corrected chi connectivity index (χ2v) is 3.42. The maximum atomic E-state index is 13.8. The Morgan fingerprint density at radius 2 is 2.09 bits per heavy atom. The quantitative estimate of drug-likeness (QED) is 0.623. The highest BCUT2D eigenvalue weighted by atomic mass is 19.1. The van der Waals surface area contributed by atoms with Crippen LogP contribution < -0.4 is 11.1 Å². The first-order valence-electron chi connectivity index (χ1n) is 4.29. The van der Waals surface area contributed by atoms with Gasteiger partial charge in [-0.05, 0) is 32.5 Å². The van der Waals surface area contributed by atoms with E-state index >= 15 is 0 Å². The molecule has 3 heteroatoms. The summed E-state index contributed by atoms with van der Waals surface area (Å²) in [6.07, 6.45) is 1.23. The normalized spacial score (nSPS) is 26.5. The second-order valence-electron chi connectivity index (χ2n) is 3.42. The lowest BCUT2D eigenvalue weighted by molar-refractivity contribution is 0.0579. The van der Waals surface area contributed by atoms with Crippen LogP contribution in [0.1, 0.15) is 19.8 Å². The van der Waals surface area contributed by atoms with E-state index < -0.39 is 5.67 Å². The molecule has 1 unspecified atom stereocenters. The van der Waals surface area contributed by atoms with Crippen LogP contribution in [-0.4, -0.2) is 25.3 Å². The number of hydrogen-bond donors (Lipinski definition) is 2. The Bertz CT molecular complexity index is 121. The third kappa shape index (κ3) is 1.91. The van der Waals surface area contributed by atoms with E-state index in [1.54, 1.807) is 0 Å². The molecule has 1 heterocycles. The van der Waals surface area contributed by atoms with Crippen molar-refractivity contribution in [1.29, 1.82) is 0 Å². The van der Waals surface area contributed by atoms with E-state index in [0.29, 0.717) is 19.4 Å². The molecular weight excluding hydrogens is 143 g/mol. The van der Waals surface area contributed by atoms with Gasteiger partial charge in [-0.15, -0.1) is 0 Å². The Morgan fingerprint density at radius 1 is 1.55 bits per heavy atom. The molecule has 0 spiro atoms. The Morgan fingerprint density at radius 3 is 2.55 bits per heavy atom. The molecule has 1 aliphatic heterocycles. The topological polar surface area (TPSA) is 38.0 Å². The van der Waals surface area contributed by atoms with Crippen molar-refractivity contribution in [3.05, 3.63) is 0 Å². The number of rotatable bonds is 2. The van der Waals surface area contributed by atoms with Crippen molar-refractivity contribution in [2.24, 2.45) is 11.7 Å². The average Bonchev–Trinajstić information content (AvgIpc) is 2.04. The highest BCUT2D eigenvalue weighted by Crippen LogP contribution is 2.30. The first-order chi connectivity index (χ1) is 5.19. The molecule has 0 aromatic heterocycles. The minimum atomic E-state index is -1.00. The van der Waals surface area contributed by atoms with Crippen LogP contribution in [-0.2, 0) is 0 Å². The largest absolute Gasteiger partial charge is 0.330 e. The van der Waals surface area contributed by atoms with Crippen LogP contribution in [0, 0.1) is 5.92 Å². The van der Waals surface area contributed by atoms with Crippen molar-refractivity contribution >= 4 is 0 Å². The molecule has 0 aromatic rings. The van der Waals surface area contributed by atoms with Gasteiger partial charge in [0.2, 0.25) is 0 Å². The zero-order valence-corrected chi connectivity index (χ0v) is 7.07. The minimum absolute atomic E-state index is 0.00426. The fourth-order valence-corrected chi connectivity index (χ4v) is 1.55. The van der Waals surface area contributed by atoms with Gasteiger partial charge in [-0.2, -0.15) is 0 Å². The van der Waals surface area contributed by atoms with Crippen LogP contribution >= 0.6 is 0 Å². The molecule has 2 nitrogen and oxygen atoms in total. The molecule has 0 amide bonds. The van der Waals surface area contributed by atoms with Gasteiger partial charge in [0.05, 0.1) is 0 Å². The van der Waals surface area contributed by atoms with E-state index in [1.165, 1.54) is 0 Å². The van der Waals surface area contributed by atoms with E-state index in [1.807, 2.05) is 6.92 Å². The van der Waals surface area contributed by atoms with Crippen molar-refractivity contribution in [1.82, 2.24) is 5.32 Å². The van der Waals surface area contributed by atoms with Crippen molar-refractivity contribution in [2.75, 3.05) is 19.6 Å². The van der Waals surface area contributed by atoms with Gasteiger partial charge in [0, 0.05) is 5.92 Å². The second kappa shape index (κ2) is 3.50. The predicted octanol–water partition coefficient (Wildman–Crippen LogP) is 0.673. The molecule has 0 bridgehead atoms. The smallest absolute Gasteiger partial charge is 0.117 e. The molecule has 0 aliphatic carbocycles. The predicted molar refractivity (Wildman–Crippen MR) is 44.2 cm³/mol. The molecule has 0 radical (unpaired) electrons. The van der Waals surface area contributed by atoms with Gasteiger partial charge in [-0.3, -0.25) is 0 Å². The summed E-state index contributed by atoms with van der Waals surface area (Å²) in [5, 5.41) is 3.14. The summed E-state index contributed by atoms with van der Waals surface area (Å²) >= 11 is 0. The van der Waals surface area contributed by atoms with Crippen molar-refractivity contribution in [3.8, 4) is 0 Å². The van der Waals surface area contributed by atoms with Crippen LogP contribution in [0.4, 0.5) is 4.39 Å². The Hall–Kier alpha value is -0.150. The first kappa shape index (κ1) is 8.94. The summed E-state index contributed by atoms with van der Waals surface area (Å²) in [5.41, 5.74) is 4.43. The molecule has 11 heavy (non-hydrogen) atoms. The van der Waals surface area contributed by atoms with Gasteiger partial charge >= 0.3 is 0 Å². The fraction of sp³-hybridized carbons (Fsp3) is 1.00. The first-order valence-corrected chi connectivity index (χ1v) is 4.29. The van der Waals surface area contributed by atoms with Crippen LogP contribution in [0.2, 0.25) is 0 Å². The molecule has 1 fully saturated rings. The summed E-state index contributed by atoms with van der Waals surface area (Å²) in [6.45, 7) is 3.93. The monoisotopic (exact) mass is 160 g/mol. The lowest BCUT2D eigenvalue weighted by Crippen LogP contribution is -2.45. The lowest BCUT2D eigenvalue weighted by Gasteiger charge is -2.34. The highest BCUT2D eigenvalue weighted by Gasteiger charge is 2.36. The maximum Gasteiger partial charge on any atom is 0.117 e. The van der Waals surface area contributed by atoms with Gasteiger partial charge in [0.15, 0.2) is 0 Å². The summed E-state index contributed by atoms with van der Waals surface area (Å²) in [4.78, 5) is 0. The highest BCUT2D eigenvalue weighted by molar-refractivity contribution is 4.89. The lowest BCUT2D eigenvalue weighted by atomic mass is 9.83. The van der Waals surface area contributed by atoms with Gasteiger partial charge in [0.1, 0.15) is 5.67 Å². The van der Waals surface area contributed by atoms with Crippen LogP contribution in [0.15, 0.2) is 0 Å². The van der Waals surface area contributed by atoms with Gasteiger partial charge in [-0.1, -0.05) is 6.92 Å². The molecule has 1 aliphatic rings. The van der Waals surface area contributed by atoms with Crippen LogP contribution in [0.3, 0.4) is 0 Å². The standard InChI is InChI=1S/C8H17FN2/c1-7(6-10)8(9)2-4-11-5-3-8/h7,11H,2-6,10H2,1H3. The van der Waals surface area contributed by atoms with Gasteiger partial charge < -0.3 is 11.1 Å². The zero-order chi connectivity index (χ0) is 8.32. The molecular formula is C8H17FN2. The number of halogens is 1. The molecule has 66 valence electrons. The van der Waals surface area contributed by atoms with Crippen LogP contribution in [0.25, 0.3) is 0 Å². The third-order valence-corrected chi connectivity index (χ3v) is 2.67. The number of nitrogens with one attached hydrogen (secondary N) is 1. The zero-order valence-electron chi connectivity index (χ0n) is 7.07. The molecule has 1 saturated heterocycles. The van der Waals surface area contributed by atoms with Gasteiger partial charge in [0.25, 0.3) is 0 Å². The summed E-state index contributed by atoms with van der Waals surface area (Å²) in [5.74, 6) is 0.00426. The molecule has 1 atom stereocenters. The van der Waals surface area contributed by atoms with E-state index in [2.05, 4.69) is 5.32 Å². The Kier molecular flexibility index (Phi) is 2.84. The van der Waals surface area contributed by atoms with Crippen molar-refractivity contribution in [2.45, 2.75) is 25.4 Å². The average molecular weight is 160 g/mol. The van der Waals surface area contributed by atoms with E-state index in [-0.39, 0.29) is 5.92 Å². The number of piperidine rings is 1. The van der Waals surface area contributed by atoms with Crippen LogP contribution in [0.5, 0.6) is 0 Å². The molecule has 3 N–H and O–H groups in total. The Labute approximate surface area is 67.3 Å². The molecule has 0 aromatic carbocycles. The van der Waals surface area contributed by atoms with E-state index in [4.69, 9.17) is 5.73 Å². The fourth-order valence-electron chi connectivity index (χ4n) is 1.55. The molecule has 0 saturated carbocycles. The molecule has 1 rings (SSSR count). The third-order valence-electron chi connectivity index (χ3n) is 2.67. The van der Waals surface area contributed by atoms with Gasteiger partial charge in [-0.25, -0.2) is 4.39 Å². The summed E-state index contributed by atoms with van der Waals surface area (Å²) in [6, 6.07) is 0. The Balaban J connectivity index is 2.49. The SMILES string of the molecule is CC(CN)C1(F)CCNCC1. The number of nitrogens with two attached hydrogens (primary N) is 1. The minimum Gasteiger partial charge on any atom is -0.330 e. The van der Waals surface area contributed by atoms with E-state index in [0.717, 1.165) is 13.1 Å².